The summed E-state index contributed by atoms with van der Waals surface area (Å²) in [5.41, 5.74) is 4.92. The highest BCUT2D eigenvalue weighted by atomic mass is 19.4. The highest BCUT2D eigenvalue weighted by Crippen LogP contribution is 2.22. The molecule has 0 unspecified atom stereocenters. The van der Waals surface area contributed by atoms with Crippen LogP contribution in [-0.2, 0) is 0 Å². The summed E-state index contributed by atoms with van der Waals surface area (Å²) in [5, 5.41) is 0. The standard InChI is InChI=1S/C8H6F3NO.C2H6/c9-8(10,11)7(13)5-2-1-3-6(12)4-5;1-2/h1-4H,12H2;1-2H3. The van der Waals surface area contributed by atoms with Gasteiger partial charge in [0.1, 0.15) is 0 Å². The van der Waals surface area contributed by atoms with Crippen molar-refractivity contribution in [3.8, 4) is 0 Å². The number of nitrogen functional groups attached to an aromatic ring is 1. The van der Waals surface area contributed by atoms with Crippen molar-refractivity contribution in [1.29, 1.82) is 0 Å². The summed E-state index contributed by atoms with van der Waals surface area (Å²) in [6.45, 7) is 4.00. The van der Waals surface area contributed by atoms with Crippen LogP contribution < -0.4 is 5.73 Å². The lowest BCUT2D eigenvalue weighted by Gasteiger charge is -2.04. The quantitative estimate of drug-likeness (QED) is 0.582. The van der Waals surface area contributed by atoms with Crippen molar-refractivity contribution in [1.82, 2.24) is 0 Å². The van der Waals surface area contributed by atoms with Crippen molar-refractivity contribution in [3.63, 3.8) is 0 Å². The van der Waals surface area contributed by atoms with Gasteiger partial charge >= 0.3 is 6.18 Å². The van der Waals surface area contributed by atoms with Crippen LogP contribution in [0.2, 0.25) is 0 Å². The predicted molar refractivity (Wildman–Crippen MR) is 52.6 cm³/mol. The summed E-state index contributed by atoms with van der Waals surface area (Å²) in [6.07, 6.45) is -4.84. The Morgan fingerprint density at radius 3 is 2.20 bits per heavy atom. The molecule has 84 valence electrons. The molecule has 0 amide bonds. The van der Waals surface area contributed by atoms with Crippen LogP contribution in [0.25, 0.3) is 0 Å². The van der Waals surface area contributed by atoms with Gasteiger partial charge in [0, 0.05) is 11.3 Å². The first-order chi connectivity index (χ1) is 6.91. The molecule has 0 bridgehead atoms. The fourth-order valence-corrected chi connectivity index (χ4v) is 0.844. The van der Waals surface area contributed by atoms with E-state index in [1.54, 1.807) is 0 Å². The van der Waals surface area contributed by atoms with Gasteiger partial charge in [0.15, 0.2) is 0 Å². The maximum atomic E-state index is 11.9. The number of ketones is 1. The smallest absolute Gasteiger partial charge is 0.399 e. The second-order valence-electron chi connectivity index (χ2n) is 2.45. The first-order valence-corrected chi connectivity index (χ1v) is 4.38. The first-order valence-electron chi connectivity index (χ1n) is 4.38. The average Bonchev–Trinajstić information content (AvgIpc) is 2.18. The van der Waals surface area contributed by atoms with Crippen LogP contribution in [0.1, 0.15) is 24.2 Å². The molecule has 1 aromatic carbocycles. The largest absolute Gasteiger partial charge is 0.454 e. The number of rotatable bonds is 1. The Kier molecular flexibility index (Phi) is 4.84. The van der Waals surface area contributed by atoms with Crippen LogP contribution in [0.5, 0.6) is 0 Å². The van der Waals surface area contributed by atoms with Gasteiger partial charge in [0.05, 0.1) is 0 Å². The van der Waals surface area contributed by atoms with Crippen LogP contribution >= 0.6 is 0 Å². The van der Waals surface area contributed by atoms with E-state index in [0.29, 0.717) is 0 Å². The van der Waals surface area contributed by atoms with E-state index in [4.69, 9.17) is 5.73 Å². The van der Waals surface area contributed by atoms with Crippen LogP contribution in [0, 0.1) is 0 Å². The summed E-state index contributed by atoms with van der Waals surface area (Å²) < 4.78 is 35.6. The Bertz CT molecular complexity index is 334. The van der Waals surface area contributed by atoms with E-state index in [1.807, 2.05) is 13.8 Å². The highest BCUT2D eigenvalue weighted by Gasteiger charge is 2.39. The molecule has 2 N–H and O–H groups in total. The number of carbonyl (C=O) groups excluding carboxylic acids is 1. The maximum Gasteiger partial charge on any atom is 0.454 e. The lowest BCUT2D eigenvalue weighted by molar-refractivity contribution is -0.0885. The maximum absolute atomic E-state index is 11.9. The molecule has 0 aliphatic rings. The summed E-state index contributed by atoms with van der Waals surface area (Å²) in [6, 6.07) is 4.78. The van der Waals surface area contributed by atoms with Crippen LogP contribution in [0.3, 0.4) is 0 Å². The van der Waals surface area contributed by atoms with E-state index in [-0.39, 0.29) is 5.69 Å². The van der Waals surface area contributed by atoms with E-state index in [1.165, 1.54) is 12.1 Å². The van der Waals surface area contributed by atoms with Gasteiger partial charge in [-0.05, 0) is 12.1 Å². The van der Waals surface area contributed by atoms with Gasteiger partial charge < -0.3 is 5.73 Å². The van der Waals surface area contributed by atoms with Gasteiger partial charge in [-0.15, -0.1) is 0 Å². The third kappa shape index (κ3) is 4.01. The van der Waals surface area contributed by atoms with Gasteiger partial charge in [-0.3, -0.25) is 4.79 Å². The van der Waals surface area contributed by atoms with Gasteiger partial charge in [-0.1, -0.05) is 26.0 Å². The van der Waals surface area contributed by atoms with Gasteiger partial charge in [0.25, 0.3) is 5.78 Å². The minimum absolute atomic E-state index is 0.134. The third-order valence-electron chi connectivity index (χ3n) is 1.41. The van der Waals surface area contributed by atoms with Gasteiger partial charge in [-0.25, -0.2) is 0 Å². The summed E-state index contributed by atoms with van der Waals surface area (Å²) in [5.74, 6) is -1.88. The van der Waals surface area contributed by atoms with Crippen LogP contribution in [0.15, 0.2) is 24.3 Å². The minimum Gasteiger partial charge on any atom is -0.399 e. The number of nitrogens with two attached hydrogens (primary N) is 1. The van der Waals surface area contributed by atoms with E-state index >= 15 is 0 Å². The molecule has 5 heteroatoms. The summed E-state index contributed by atoms with van der Waals surface area (Å²) in [4.78, 5) is 10.6. The van der Waals surface area contributed by atoms with Crippen molar-refractivity contribution < 1.29 is 18.0 Å². The van der Waals surface area contributed by atoms with Crippen LogP contribution in [-0.4, -0.2) is 12.0 Å². The van der Waals surface area contributed by atoms with Crippen molar-refractivity contribution >= 4 is 11.5 Å². The molecular formula is C10H12F3NO. The number of anilines is 1. The minimum atomic E-state index is -4.84. The number of hydrogen-bond donors (Lipinski definition) is 1. The van der Waals surface area contributed by atoms with Crippen molar-refractivity contribution in [3.05, 3.63) is 29.8 Å². The third-order valence-corrected chi connectivity index (χ3v) is 1.41. The Morgan fingerprint density at radius 1 is 1.27 bits per heavy atom. The Morgan fingerprint density at radius 2 is 1.80 bits per heavy atom. The van der Waals surface area contributed by atoms with Crippen LogP contribution in [0.4, 0.5) is 18.9 Å². The second kappa shape index (κ2) is 5.38. The Balaban J connectivity index is 0.000000921. The fourth-order valence-electron chi connectivity index (χ4n) is 0.844. The molecule has 0 aliphatic carbocycles. The Labute approximate surface area is 85.9 Å². The second-order valence-corrected chi connectivity index (χ2v) is 2.45. The number of Topliss-reactive ketones (excluding diaryl/α,β-unsaturated/α-hetero) is 1. The molecule has 0 aromatic heterocycles. The molecule has 1 aromatic rings. The van der Waals surface area contributed by atoms with E-state index < -0.39 is 17.5 Å². The van der Waals surface area contributed by atoms with E-state index in [2.05, 4.69) is 0 Å². The predicted octanol–water partition coefficient (Wildman–Crippen LogP) is 3.04. The zero-order valence-electron chi connectivity index (χ0n) is 8.43. The molecule has 2 nitrogen and oxygen atoms in total. The van der Waals surface area contributed by atoms with Crippen molar-refractivity contribution in [2.75, 3.05) is 5.73 Å². The number of carbonyl (C=O) groups is 1. The van der Waals surface area contributed by atoms with Gasteiger partial charge in [-0.2, -0.15) is 13.2 Å². The zero-order chi connectivity index (χ0) is 12.1. The molecular weight excluding hydrogens is 207 g/mol. The number of benzene rings is 1. The topological polar surface area (TPSA) is 43.1 Å². The molecule has 0 spiro atoms. The van der Waals surface area contributed by atoms with E-state index in [9.17, 15) is 18.0 Å². The lowest BCUT2D eigenvalue weighted by Crippen LogP contribution is -2.22. The molecule has 0 radical (unpaired) electrons. The van der Waals surface area contributed by atoms with Gasteiger partial charge in [0.2, 0.25) is 0 Å². The monoisotopic (exact) mass is 219 g/mol. The molecule has 0 atom stereocenters. The fraction of sp³-hybridized carbons (Fsp3) is 0.300. The lowest BCUT2D eigenvalue weighted by atomic mass is 10.1. The molecule has 1 rings (SSSR count). The zero-order valence-corrected chi connectivity index (χ0v) is 8.43. The molecule has 15 heavy (non-hydrogen) atoms. The molecule has 0 saturated carbocycles. The molecule has 0 saturated heterocycles. The van der Waals surface area contributed by atoms with E-state index in [0.717, 1.165) is 12.1 Å². The summed E-state index contributed by atoms with van der Waals surface area (Å²) in [7, 11) is 0. The summed E-state index contributed by atoms with van der Waals surface area (Å²) >= 11 is 0. The Hall–Kier alpha value is -1.52. The molecule has 0 fully saturated rings. The normalized spacial score (nSPS) is 10.2. The number of alkyl halides is 3. The molecule has 0 heterocycles. The van der Waals surface area contributed by atoms with Crippen molar-refractivity contribution in [2.45, 2.75) is 20.0 Å². The van der Waals surface area contributed by atoms with Crippen molar-refractivity contribution in [2.24, 2.45) is 0 Å². The first kappa shape index (κ1) is 13.5. The highest BCUT2D eigenvalue weighted by molar-refractivity contribution is 6.00. The SMILES string of the molecule is CC.Nc1cccc(C(=O)C(F)(F)F)c1. The number of hydrogen-bond acceptors (Lipinski definition) is 2. The molecule has 0 aliphatic heterocycles. The number of halogens is 3. The average molecular weight is 219 g/mol.